The van der Waals surface area contributed by atoms with Crippen molar-refractivity contribution < 1.29 is 23.8 Å². The van der Waals surface area contributed by atoms with Crippen LogP contribution in [0.4, 0.5) is 0 Å². The van der Waals surface area contributed by atoms with Gasteiger partial charge in [-0.1, -0.05) is 29.3 Å². The summed E-state index contributed by atoms with van der Waals surface area (Å²) in [7, 11) is 0. The number of rotatable bonds is 7. The molecule has 1 aliphatic heterocycles. The number of nitrogens with zero attached hydrogens (tertiary/aromatic N) is 3. The molecule has 0 aliphatic carbocycles. The normalized spacial score (nSPS) is 16.4. The third-order valence-electron chi connectivity index (χ3n) is 5.87. The number of carbonyl (C=O) groups is 2. The number of ether oxygens (including phenoxy) is 3. The monoisotopic (exact) mass is 547 g/mol. The molecule has 1 aliphatic rings. The summed E-state index contributed by atoms with van der Waals surface area (Å²) < 4.78 is 20.1. The molecule has 10 heteroatoms. The maximum absolute atomic E-state index is 12.9. The molecule has 1 saturated heterocycles. The third-order valence-corrected chi connectivity index (χ3v) is 6.66. The van der Waals surface area contributed by atoms with Crippen LogP contribution in [-0.2, 0) is 30.3 Å². The van der Waals surface area contributed by atoms with Gasteiger partial charge < -0.3 is 18.8 Å². The van der Waals surface area contributed by atoms with Gasteiger partial charge in [0.05, 0.1) is 34.1 Å². The van der Waals surface area contributed by atoms with Crippen LogP contribution in [0.15, 0.2) is 30.6 Å². The van der Waals surface area contributed by atoms with Gasteiger partial charge in [-0.05, 0) is 59.1 Å². The Kier molecular flexibility index (Phi) is 8.31. The zero-order valence-corrected chi connectivity index (χ0v) is 22.9. The van der Waals surface area contributed by atoms with Crippen LogP contribution in [0.2, 0.25) is 10.0 Å². The highest BCUT2D eigenvalue weighted by atomic mass is 35.5. The quantitative estimate of drug-likeness (QED) is 0.250. The van der Waals surface area contributed by atoms with Crippen molar-refractivity contribution in [3.8, 4) is 11.1 Å². The lowest BCUT2D eigenvalue weighted by Crippen LogP contribution is -2.26. The third kappa shape index (κ3) is 6.20. The second-order valence-corrected chi connectivity index (χ2v) is 10.6. The van der Waals surface area contributed by atoms with Crippen molar-refractivity contribution in [2.24, 2.45) is 0 Å². The summed E-state index contributed by atoms with van der Waals surface area (Å²) in [6, 6.07) is 3.56. The summed E-state index contributed by atoms with van der Waals surface area (Å²) in [5.41, 5.74) is 1.98. The number of esters is 2. The highest BCUT2D eigenvalue weighted by Gasteiger charge is 2.26. The first kappa shape index (κ1) is 27.2. The molecular weight excluding hydrogens is 517 g/mol. The molecule has 0 N–H and O–H groups in total. The van der Waals surface area contributed by atoms with Crippen LogP contribution in [0, 0.1) is 0 Å². The molecule has 0 radical (unpaired) electrons. The van der Waals surface area contributed by atoms with Crippen molar-refractivity contribution in [2.45, 2.75) is 65.3 Å². The first-order valence-electron chi connectivity index (χ1n) is 12.3. The van der Waals surface area contributed by atoms with E-state index in [4.69, 9.17) is 37.4 Å². The number of hydrogen-bond acceptors (Lipinski definition) is 6. The maximum atomic E-state index is 12.9. The lowest BCUT2D eigenvalue weighted by molar-refractivity contribution is -0.155. The molecule has 0 bridgehead atoms. The fourth-order valence-electron chi connectivity index (χ4n) is 4.44. The molecular formula is C27H31Cl2N3O5. The summed E-state index contributed by atoms with van der Waals surface area (Å²) in [6.07, 6.45) is 9.43. The Balaban J connectivity index is 1.91. The molecule has 37 heavy (non-hydrogen) atoms. The molecule has 0 amide bonds. The van der Waals surface area contributed by atoms with Gasteiger partial charge in [0.15, 0.2) is 0 Å². The molecule has 1 unspecified atom stereocenters. The van der Waals surface area contributed by atoms with Gasteiger partial charge in [-0.25, -0.2) is 9.48 Å². The average Bonchev–Trinajstić information content (AvgIpc) is 3.43. The van der Waals surface area contributed by atoms with Crippen molar-refractivity contribution in [3.05, 3.63) is 46.3 Å². The number of carbonyl (C=O) groups excluding carboxylic acids is 2. The number of hydrogen-bond donors (Lipinski definition) is 0. The summed E-state index contributed by atoms with van der Waals surface area (Å²) >= 11 is 13.1. The zero-order chi connectivity index (χ0) is 26.7. The minimum atomic E-state index is -0.674. The maximum Gasteiger partial charge on any atom is 0.330 e. The summed E-state index contributed by atoms with van der Waals surface area (Å²) in [5, 5.41) is 5.96. The van der Waals surface area contributed by atoms with E-state index in [9.17, 15) is 9.59 Å². The molecule has 2 aromatic heterocycles. The first-order chi connectivity index (χ1) is 17.6. The van der Waals surface area contributed by atoms with E-state index >= 15 is 0 Å². The van der Waals surface area contributed by atoms with Crippen LogP contribution >= 0.6 is 23.2 Å². The lowest BCUT2D eigenvalue weighted by atomic mass is 10.0. The van der Waals surface area contributed by atoms with Crippen molar-refractivity contribution in [1.82, 2.24) is 14.3 Å². The number of benzene rings is 1. The van der Waals surface area contributed by atoms with Crippen molar-refractivity contribution in [1.29, 1.82) is 0 Å². The van der Waals surface area contributed by atoms with E-state index in [2.05, 4.69) is 5.10 Å². The highest BCUT2D eigenvalue weighted by molar-refractivity contribution is 6.45. The van der Waals surface area contributed by atoms with Gasteiger partial charge >= 0.3 is 11.9 Å². The Morgan fingerprint density at radius 1 is 1.24 bits per heavy atom. The molecule has 198 valence electrons. The van der Waals surface area contributed by atoms with Crippen LogP contribution < -0.4 is 0 Å². The SMILES string of the molecule is CCOC(=O)C=Cc1c(-c2cnn(C3CCCCO3)c2)c2ccc(Cl)c(Cl)c2n1CC(=O)OC(C)(C)C. The molecule has 8 nitrogen and oxygen atoms in total. The van der Waals surface area contributed by atoms with Gasteiger partial charge in [0, 0.05) is 35.4 Å². The topological polar surface area (TPSA) is 84.6 Å². The fourth-order valence-corrected chi connectivity index (χ4v) is 4.86. The van der Waals surface area contributed by atoms with Crippen LogP contribution in [0.25, 0.3) is 28.1 Å². The molecule has 1 aromatic carbocycles. The number of aromatic nitrogens is 3. The lowest BCUT2D eigenvalue weighted by Gasteiger charge is -2.22. The standard InChI is InChI=1S/C27H31Cl2N3O5/c1-5-35-22(33)12-11-20-24(17-14-30-32(15-17)21-8-6-7-13-36-21)18-9-10-19(28)25(29)26(18)31(20)16-23(34)37-27(2,3)4/h9-12,14-15,21H,5-8,13,16H2,1-4H3. The Bertz CT molecular complexity index is 1330. The molecule has 0 spiro atoms. The zero-order valence-electron chi connectivity index (χ0n) is 21.4. The van der Waals surface area contributed by atoms with E-state index in [-0.39, 0.29) is 19.4 Å². The predicted octanol–water partition coefficient (Wildman–Crippen LogP) is 6.43. The van der Waals surface area contributed by atoms with Gasteiger partial charge in [-0.3, -0.25) is 4.79 Å². The van der Waals surface area contributed by atoms with Crippen LogP contribution in [0.1, 0.15) is 58.9 Å². The Hall–Kier alpha value is -2.81. The van der Waals surface area contributed by atoms with E-state index in [0.29, 0.717) is 27.9 Å². The second-order valence-electron chi connectivity index (χ2n) is 9.81. The summed E-state index contributed by atoms with van der Waals surface area (Å²) in [6.45, 7) is 7.94. The van der Waals surface area contributed by atoms with E-state index in [1.54, 1.807) is 50.6 Å². The highest BCUT2D eigenvalue weighted by Crippen LogP contribution is 2.42. The first-order valence-corrected chi connectivity index (χ1v) is 13.1. The van der Waals surface area contributed by atoms with Crippen LogP contribution in [-0.4, -0.2) is 45.1 Å². The molecule has 4 rings (SSSR count). The van der Waals surface area contributed by atoms with Crippen molar-refractivity contribution in [3.63, 3.8) is 0 Å². The van der Waals surface area contributed by atoms with Gasteiger partial charge in [0.25, 0.3) is 0 Å². The van der Waals surface area contributed by atoms with Gasteiger partial charge in [-0.2, -0.15) is 5.10 Å². The van der Waals surface area contributed by atoms with Gasteiger partial charge in [0.2, 0.25) is 0 Å². The number of halogens is 2. The van der Waals surface area contributed by atoms with Crippen LogP contribution in [0.5, 0.6) is 0 Å². The molecule has 1 fully saturated rings. The smallest absolute Gasteiger partial charge is 0.330 e. The fraction of sp³-hybridized carbons (Fsp3) is 0.444. The Morgan fingerprint density at radius 2 is 2.03 bits per heavy atom. The van der Waals surface area contributed by atoms with Gasteiger partial charge in [0.1, 0.15) is 18.4 Å². The second kappa shape index (κ2) is 11.3. The van der Waals surface area contributed by atoms with Gasteiger partial charge in [-0.15, -0.1) is 0 Å². The van der Waals surface area contributed by atoms with E-state index in [0.717, 1.165) is 35.8 Å². The van der Waals surface area contributed by atoms with Crippen molar-refractivity contribution in [2.75, 3.05) is 13.2 Å². The predicted molar refractivity (Wildman–Crippen MR) is 144 cm³/mol. The molecule has 1 atom stereocenters. The number of fused-ring (bicyclic) bond motifs is 1. The Labute approximate surface area is 226 Å². The summed E-state index contributed by atoms with van der Waals surface area (Å²) in [5.74, 6) is -0.956. The average molecular weight is 548 g/mol. The molecule has 0 saturated carbocycles. The summed E-state index contributed by atoms with van der Waals surface area (Å²) in [4.78, 5) is 25.2. The minimum absolute atomic E-state index is 0.143. The molecule has 3 aromatic rings. The largest absolute Gasteiger partial charge is 0.463 e. The Morgan fingerprint density at radius 3 is 2.70 bits per heavy atom. The van der Waals surface area contributed by atoms with Crippen LogP contribution in [0.3, 0.4) is 0 Å². The van der Waals surface area contributed by atoms with E-state index in [1.807, 2.05) is 16.9 Å². The van der Waals surface area contributed by atoms with Crippen molar-refractivity contribution >= 4 is 52.1 Å². The molecule has 3 heterocycles. The van der Waals surface area contributed by atoms with E-state index < -0.39 is 17.5 Å². The van der Waals surface area contributed by atoms with E-state index in [1.165, 1.54) is 6.08 Å². The minimum Gasteiger partial charge on any atom is -0.463 e.